The Morgan fingerprint density at radius 2 is 2.60 bits per heavy atom. The fourth-order valence-corrected chi connectivity index (χ4v) is 2.46. The molecular formula is C10H16N2O2S. The molecule has 1 fully saturated rings. The second-order valence-corrected chi connectivity index (χ2v) is 4.71. The van der Waals surface area contributed by atoms with Crippen molar-refractivity contribution >= 4 is 16.5 Å². The van der Waals surface area contributed by atoms with Gasteiger partial charge in [0.05, 0.1) is 24.2 Å². The van der Waals surface area contributed by atoms with E-state index in [4.69, 9.17) is 9.84 Å². The molecule has 1 aliphatic heterocycles. The maximum Gasteiger partial charge on any atom is 0.185 e. The van der Waals surface area contributed by atoms with Crippen molar-refractivity contribution in [3.05, 3.63) is 11.1 Å². The lowest BCUT2D eigenvalue weighted by Gasteiger charge is -2.32. The third kappa shape index (κ3) is 2.48. The summed E-state index contributed by atoms with van der Waals surface area (Å²) in [7, 11) is 0. The molecule has 1 unspecified atom stereocenters. The van der Waals surface area contributed by atoms with Crippen molar-refractivity contribution in [3.63, 3.8) is 0 Å². The minimum atomic E-state index is 0.0826. The number of nitrogens with zero attached hydrogens (tertiary/aromatic N) is 2. The highest BCUT2D eigenvalue weighted by Crippen LogP contribution is 2.24. The van der Waals surface area contributed by atoms with E-state index in [9.17, 15) is 0 Å². The average molecular weight is 228 g/mol. The van der Waals surface area contributed by atoms with E-state index in [0.29, 0.717) is 6.10 Å². The van der Waals surface area contributed by atoms with E-state index in [0.717, 1.165) is 36.1 Å². The molecular weight excluding hydrogens is 212 g/mol. The van der Waals surface area contributed by atoms with Crippen molar-refractivity contribution in [1.29, 1.82) is 0 Å². The number of rotatable bonds is 3. The third-order valence-electron chi connectivity index (χ3n) is 2.56. The second kappa shape index (κ2) is 4.92. The zero-order valence-corrected chi connectivity index (χ0v) is 9.66. The summed E-state index contributed by atoms with van der Waals surface area (Å²) < 4.78 is 5.60. The summed E-state index contributed by atoms with van der Waals surface area (Å²) >= 11 is 1.56. The number of aromatic nitrogens is 1. The molecule has 2 rings (SSSR count). The molecule has 0 spiro atoms. The monoisotopic (exact) mass is 228 g/mol. The van der Waals surface area contributed by atoms with Gasteiger partial charge in [-0.25, -0.2) is 4.98 Å². The largest absolute Gasteiger partial charge is 0.391 e. The molecule has 1 atom stereocenters. The van der Waals surface area contributed by atoms with Crippen LogP contribution in [0.5, 0.6) is 0 Å². The summed E-state index contributed by atoms with van der Waals surface area (Å²) in [6.45, 7) is 4.80. The molecule has 5 heteroatoms. The Kier molecular flexibility index (Phi) is 3.56. The third-order valence-corrected chi connectivity index (χ3v) is 3.60. The van der Waals surface area contributed by atoms with Crippen molar-refractivity contribution in [2.45, 2.75) is 26.1 Å². The van der Waals surface area contributed by atoms with Gasteiger partial charge in [0.25, 0.3) is 0 Å². The summed E-state index contributed by atoms with van der Waals surface area (Å²) in [4.78, 5) is 7.47. The Bertz CT molecular complexity index is 316. The standard InChI is InChI=1S/C10H16N2O2S/c1-2-8-6-12(3-4-14-8)10-11-5-9(7-13)15-10/h5,8,13H,2-4,6-7H2,1H3. The minimum Gasteiger partial charge on any atom is -0.391 e. The predicted octanol–water partition coefficient (Wildman–Crippen LogP) is 1.25. The number of aliphatic hydroxyl groups excluding tert-OH is 1. The molecule has 0 aliphatic carbocycles. The van der Waals surface area contributed by atoms with Crippen molar-refractivity contribution in [2.24, 2.45) is 0 Å². The highest BCUT2D eigenvalue weighted by atomic mass is 32.1. The van der Waals surface area contributed by atoms with Crippen molar-refractivity contribution < 1.29 is 9.84 Å². The van der Waals surface area contributed by atoms with Gasteiger partial charge in [-0.15, -0.1) is 0 Å². The van der Waals surface area contributed by atoms with Crippen LogP contribution >= 0.6 is 11.3 Å². The molecule has 0 amide bonds. The molecule has 1 saturated heterocycles. The van der Waals surface area contributed by atoms with Crippen LogP contribution in [0, 0.1) is 0 Å². The number of aliphatic hydroxyl groups is 1. The SMILES string of the molecule is CCC1CN(c2ncc(CO)s2)CCO1. The van der Waals surface area contributed by atoms with E-state index in [1.165, 1.54) is 0 Å². The molecule has 0 radical (unpaired) electrons. The first kappa shape index (κ1) is 10.9. The zero-order chi connectivity index (χ0) is 10.7. The Morgan fingerprint density at radius 3 is 3.27 bits per heavy atom. The number of anilines is 1. The van der Waals surface area contributed by atoms with Crippen LogP contribution in [0.3, 0.4) is 0 Å². The van der Waals surface area contributed by atoms with Gasteiger partial charge in [-0.3, -0.25) is 0 Å². The van der Waals surface area contributed by atoms with E-state index < -0.39 is 0 Å². The number of thiazole rings is 1. The van der Waals surface area contributed by atoms with Crippen LogP contribution < -0.4 is 4.90 Å². The molecule has 1 aromatic heterocycles. The fourth-order valence-electron chi connectivity index (χ4n) is 1.66. The van der Waals surface area contributed by atoms with Gasteiger partial charge in [0.15, 0.2) is 5.13 Å². The highest BCUT2D eigenvalue weighted by molar-refractivity contribution is 7.15. The Balaban J connectivity index is 2.03. The summed E-state index contributed by atoms with van der Waals surface area (Å²) in [6, 6.07) is 0. The second-order valence-electron chi connectivity index (χ2n) is 3.61. The van der Waals surface area contributed by atoms with Gasteiger partial charge in [-0.2, -0.15) is 0 Å². The van der Waals surface area contributed by atoms with E-state index in [-0.39, 0.29) is 6.61 Å². The summed E-state index contributed by atoms with van der Waals surface area (Å²) in [5, 5.41) is 9.98. The van der Waals surface area contributed by atoms with Gasteiger partial charge in [-0.05, 0) is 6.42 Å². The van der Waals surface area contributed by atoms with Crippen LogP contribution in [-0.2, 0) is 11.3 Å². The quantitative estimate of drug-likeness (QED) is 0.845. The summed E-state index contributed by atoms with van der Waals surface area (Å²) in [5.41, 5.74) is 0. The maximum absolute atomic E-state index is 8.97. The lowest BCUT2D eigenvalue weighted by atomic mass is 10.2. The zero-order valence-electron chi connectivity index (χ0n) is 8.85. The van der Waals surface area contributed by atoms with E-state index in [2.05, 4.69) is 16.8 Å². The molecule has 0 saturated carbocycles. The van der Waals surface area contributed by atoms with E-state index in [1.807, 2.05) is 0 Å². The van der Waals surface area contributed by atoms with Crippen molar-refractivity contribution in [1.82, 2.24) is 4.98 Å². The molecule has 4 nitrogen and oxygen atoms in total. The minimum absolute atomic E-state index is 0.0826. The Morgan fingerprint density at radius 1 is 1.73 bits per heavy atom. The topological polar surface area (TPSA) is 45.6 Å². The van der Waals surface area contributed by atoms with Crippen molar-refractivity contribution in [3.8, 4) is 0 Å². The molecule has 1 aliphatic rings. The molecule has 0 aromatic carbocycles. The molecule has 1 aromatic rings. The first-order valence-electron chi connectivity index (χ1n) is 5.25. The Hall–Kier alpha value is -0.650. The van der Waals surface area contributed by atoms with Crippen LogP contribution in [0.4, 0.5) is 5.13 Å². The van der Waals surface area contributed by atoms with Gasteiger partial charge in [0.2, 0.25) is 0 Å². The molecule has 15 heavy (non-hydrogen) atoms. The number of ether oxygens (including phenoxy) is 1. The van der Waals surface area contributed by atoms with Gasteiger partial charge in [0, 0.05) is 19.3 Å². The number of hydrogen-bond donors (Lipinski definition) is 1. The van der Waals surface area contributed by atoms with Crippen LogP contribution in [0.2, 0.25) is 0 Å². The van der Waals surface area contributed by atoms with Crippen LogP contribution in [-0.4, -0.2) is 35.9 Å². The van der Waals surface area contributed by atoms with E-state index in [1.54, 1.807) is 17.5 Å². The Labute approximate surface area is 93.5 Å². The molecule has 84 valence electrons. The fraction of sp³-hybridized carbons (Fsp3) is 0.700. The summed E-state index contributed by atoms with van der Waals surface area (Å²) in [5.74, 6) is 0. The average Bonchev–Trinajstić information content (AvgIpc) is 2.78. The number of hydrogen-bond acceptors (Lipinski definition) is 5. The van der Waals surface area contributed by atoms with Crippen LogP contribution in [0.15, 0.2) is 6.20 Å². The highest BCUT2D eigenvalue weighted by Gasteiger charge is 2.21. The molecule has 1 N–H and O–H groups in total. The van der Waals surface area contributed by atoms with Crippen molar-refractivity contribution in [2.75, 3.05) is 24.6 Å². The van der Waals surface area contributed by atoms with Crippen LogP contribution in [0.25, 0.3) is 0 Å². The summed E-state index contributed by atoms with van der Waals surface area (Å²) in [6.07, 6.45) is 3.10. The van der Waals surface area contributed by atoms with E-state index >= 15 is 0 Å². The van der Waals surface area contributed by atoms with Gasteiger partial charge in [-0.1, -0.05) is 18.3 Å². The lowest BCUT2D eigenvalue weighted by molar-refractivity contribution is 0.0384. The van der Waals surface area contributed by atoms with Gasteiger partial charge < -0.3 is 14.7 Å². The predicted molar refractivity (Wildman–Crippen MR) is 60.3 cm³/mol. The normalized spacial score (nSPS) is 22.0. The van der Waals surface area contributed by atoms with Gasteiger partial charge >= 0.3 is 0 Å². The van der Waals surface area contributed by atoms with Gasteiger partial charge in [0.1, 0.15) is 0 Å². The lowest BCUT2D eigenvalue weighted by Crippen LogP contribution is -2.42. The molecule has 2 heterocycles. The number of morpholine rings is 1. The molecule has 0 bridgehead atoms. The first-order chi connectivity index (χ1) is 7.33. The smallest absolute Gasteiger partial charge is 0.185 e. The van der Waals surface area contributed by atoms with Crippen LogP contribution in [0.1, 0.15) is 18.2 Å². The first-order valence-corrected chi connectivity index (χ1v) is 6.07. The maximum atomic E-state index is 8.97.